The highest BCUT2D eigenvalue weighted by Gasteiger charge is 2.58. The molecule has 1 aliphatic carbocycles. The van der Waals surface area contributed by atoms with Gasteiger partial charge in [0, 0.05) is 22.6 Å². The van der Waals surface area contributed by atoms with Crippen LogP contribution in [0.2, 0.25) is 0 Å². The lowest BCUT2D eigenvalue weighted by atomic mass is 9.70. The van der Waals surface area contributed by atoms with Gasteiger partial charge in [0.15, 0.2) is 0 Å². The number of hydrogen-bond acceptors (Lipinski definition) is 2. The van der Waals surface area contributed by atoms with Gasteiger partial charge < -0.3 is 9.80 Å². The van der Waals surface area contributed by atoms with Crippen molar-refractivity contribution in [3.05, 3.63) is 42.1 Å². The Balaban J connectivity index is 1.79. The van der Waals surface area contributed by atoms with Gasteiger partial charge in [-0.25, -0.2) is 0 Å². The maximum atomic E-state index is 2.73. The van der Waals surface area contributed by atoms with Crippen molar-refractivity contribution >= 4 is 5.69 Å². The van der Waals surface area contributed by atoms with Crippen LogP contribution in [0.25, 0.3) is 0 Å². The van der Waals surface area contributed by atoms with Crippen molar-refractivity contribution < 1.29 is 0 Å². The first-order chi connectivity index (χ1) is 12.2. The Morgan fingerprint density at radius 2 is 1.73 bits per heavy atom. The van der Waals surface area contributed by atoms with Crippen LogP contribution >= 0.6 is 0 Å². The second-order valence-corrected chi connectivity index (χ2v) is 10.2. The van der Waals surface area contributed by atoms with Crippen molar-refractivity contribution in [1.29, 1.82) is 0 Å². The first-order valence-corrected chi connectivity index (χ1v) is 10.6. The van der Waals surface area contributed by atoms with Crippen LogP contribution in [0, 0.1) is 23.7 Å². The summed E-state index contributed by atoms with van der Waals surface area (Å²) in [7, 11) is 0. The summed E-state index contributed by atoms with van der Waals surface area (Å²) in [5, 5.41) is 0. The molecule has 0 amide bonds. The molecule has 3 aliphatic rings. The van der Waals surface area contributed by atoms with Gasteiger partial charge in [0.1, 0.15) is 6.17 Å². The first kappa shape index (κ1) is 17.9. The molecular formula is C24H36N2. The van der Waals surface area contributed by atoms with Crippen LogP contribution in [0.5, 0.6) is 0 Å². The highest BCUT2D eigenvalue weighted by Crippen LogP contribution is 2.55. The molecule has 3 unspecified atom stereocenters. The molecule has 1 aromatic rings. The van der Waals surface area contributed by atoms with E-state index in [-0.39, 0.29) is 5.41 Å². The number of hydrogen-bond donors (Lipinski definition) is 0. The molecule has 2 fully saturated rings. The third-order valence-electron chi connectivity index (χ3n) is 7.41. The minimum atomic E-state index is 0.191. The molecule has 0 aromatic heterocycles. The fraction of sp³-hybridized carbons (Fsp3) is 0.667. The molecule has 0 radical (unpaired) electrons. The number of fused-ring (bicyclic) bond motifs is 1. The second-order valence-electron chi connectivity index (χ2n) is 10.2. The lowest BCUT2D eigenvalue weighted by Gasteiger charge is -2.41. The van der Waals surface area contributed by atoms with Crippen molar-refractivity contribution in [2.45, 2.75) is 85.5 Å². The topological polar surface area (TPSA) is 6.48 Å². The van der Waals surface area contributed by atoms with Gasteiger partial charge in [-0.05, 0) is 50.4 Å². The van der Waals surface area contributed by atoms with Gasteiger partial charge in [-0.2, -0.15) is 0 Å². The molecule has 1 saturated carbocycles. The summed E-state index contributed by atoms with van der Waals surface area (Å²) >= 11 is 0. The van der Waals surface area contributed by atoms with E-state index in [1.165, 1.54) is 36.9 Å². The van der Waals surface area contributed by atoms with Gasteiger partial charge in [-0.15, -0.1) is 0 Å². The molecular weight excluding hydrogens is 316 g/mol. The Kier molecular flexibility index (Phi) is 4.17. The van der Waals surface area contributed by atoms with E-state index in [0.29, 0.717) is 23.7 Å². The molecule has 1 saturated heterocycles. The zero-order valence-corrected chi connectivity index (χ0v) is 17.5. The number of benzene rings is 1. The first-order valence-electron chi connectivity index (χ1n) is 10.6. The van der Waals surface area contributed by atoms with E-state index < -0.39 is 0 Å². The predicted molar refractivity (Wildman–Crippen MR) is 111 cm³/mol. The third-order valence-corrected chi connectivity index (χ3v) is 7.41. The zero-order chi connectivity index (χ0) is 18.7. The molecule has 2 heteroatoms. The molecule has 2 heterocycles. The van der Waals surface area contributed by atoms with Crippen LogP contribution in [-0.4, -0.2) is 23.1 Å². The summed E-state index contributed by atoms with van der Waals surface area (Å²) in [6.07, 6.45) is 11.1. The highest BCUT2D eigenvalue weighted by molar-refractivity contribution is 5.57. The number of aryl methyl sites for hydroxylation is 1. The molecule has 0 N–H and O–H groups in total. The highest BCUT2D eigenvalue weighted by atomic mass is 15.5. The van der Waals surface area contributed by atoms with Gasteiger partial charge in [-0.1, -0.05) is 64.8 Å². The predicted octanol–water partition coefficient (Wildman–Crippen LogP) is 5.97. The molecule has 1 aromatic carbocycles. The fourth-order valence-corrected chi connectivity index (χ4v) is 6.27. The maximum absolute atomic E-state index is 2.73. The summed E-state index contributed by atoms with van der Waals surface area (Å²) in [4.78, 5) is 5.45. The monoisotopic (exact) mass is 352 g/mol. The fourth-order valence-electron chi connectivity index (χ4n) is 6.27. The standard InChI is InChI=1S/C24H36N2/c1-17-11-7-10-14-20(17)26-18(2)21-24(6,19-12-8-9-13-19)15-16-25(21)22(26)23(3,4)5/h7,10-11,14-16,18-19,21-22H,8-9,12-13H2,1-6H3/t18-,21?,22?,24?/m0/s1. The largest absolute Gasteiger partial charge is 0.351 e. The third kappa shape index (κ3) is 2.52. The molecule has 26 heavy (non-hydrogen) atoms. The van der Waals surface area contributed by atoms with E-state index in [0.717, 1.165) is 5.92 Å². The quantitative estimate of drug-likeness (QED) is 0.647. The van der Waals surface area contributed by atoms with Crippen molar-refractivity contribution in [1.82, 2.24) is 4.90 Å². The Morgan fingerprint density at radius 3 is 2.35 bits per heavy atom. The average molecular weight is 353 g/mol. The van der Waals surface area contributed by atoms with Gasteiger partial charge >= 0.3 is 0 Å². The van der Waals surface area contributed by atoms with Crippen LogP contribution < -0.4 is 4.90 Å². The molecule has 2 aliphatic heterocycles. The maximum Gasteiger partial charge on any atom is 0.107 e. The molecule has 0 bridgehead atoms. The van der Waals surface area contributed by atoms with E-state index in [2.05, 4.69) is 87.9 Å². The Hall–Kier alpha value is -1.44. The molecule has 4 atom stereocenters. The molecule has 0 spiro atoms. The molecule has 2 nitrogen and oxygen atoms in total. The van der Waals surface area contributed by atoms with Crippen molar-refractivity contribution in [3.8, 4) is 0 Å². The Morgan fingerprint density at radius 1 is 1.08 bits per heavy atom. The SMILES string of the molecule is Cc1ccccc1N1C(C(C)(C)C)N2C=CC(C)(C3CCCC3)C2[C@@H]1C. The smallest absolute Gasteiger partial charge is 0.107 e. The number of nitrogens with zero attached hydrogens (tertiary/aromatic N) is 2. The van der Waals surface area contributed by atoms with Crippen molar-refractivity contribution in [2.75, 3.05) is 4.90 Å². The van der Waals surface area contributed by atoms with E-state index in [4.69, 9.17) is 0 Å². The minimum absolute atomic E-state index is 0.191. The zero-order valence-electron chi connectivity index (χ0n) is 17.5. The summed E-state index contributed by atoms with van der Waals surface area (Å²) < 4.78 is 0. The second kappa shape index (κ2) is 6.04. The van der Waals surface area contributed by atoms with E-state index >= 15 is 0 Å². The Labute approximate surface area is 160 Å². The summed E-state index contributed by atoms with van der Waals surface area (Å²) in [5.74, 6) is 0.841. The summed E-state index contributed by atoms with van der Waals surface area (Å²) in [6, 6.07) is 10.0. The molecule has 4 rings (SSSR count). The van der Waals surface area contributed by atoms with Crippen molar-refractivity contribution in [2.24, 2.45) is 16.7 Å². The van der Waals surface area contributed by atoms with Crippen LogP contribution in [0.15, 0.2) is 36.5 Å². The lowest BCUT2D eigenvalue weighted by Crippen LogP contribution is -2.47. The van der Waals surface area contributed by atoms with Crippen LogP contribution in [-0.2, 0) is 0 Å². The minimum Gasteiger partial charge on any atom is -0.351 e. The van der Waals surface area contributed by atoms with Crippen LogP contribution in [0.3, 0.4) is 0 Å². The average Bonchev–Trinajstić information content (AvgIpc) is 3.26. The number of para-hydroxylation sites is 1. The van der Waals surface area contributed by atoms with E-state index in [9.17, 15) is 0 Å². The summed E-state index contributed by atoms with van der Waals surface area (Å²) in [6.45, 7) is 14.5. The number of anilines is 1. The van der Waals surface area contributed by atoms with E-state index in [1.807, 2.05) is 0 Å². The van der Waals surface area contributed by atoms with Gasteiger partial charge in [-0.3, -0.25) is 0 Å². The summed E-state index contributed by atoms with van der Waals surface area (Å²) in [5.41, 5.74) is 3.30. The van der Waals surface area contributed by atoms with Gasteiger partial charge in [0.2, 0.25) is 0 Å². The van der Waals surface area contributed by atoms with E-state index in [1.54, 1.807) is 0 Å². The van der Waals surface area contributed by atoms with Gasteiger partial charge in [0.25, 0.3) is 0 Å². The molecule has 142 valence electrons. The van der Waals surface area contributed by atoms with Crippen LogP contribution in [0.4, 0.5) is 5.69 Å². The normalized spacial score (nSPS) is 34.8. The van der Waals surface area contributed by atoms with Crippen molar-refractivity contribution in [3.63, 3.8) is 0 Å². The number of rotatable bonds is 2. The van der Waals surface area contributed by atoms with Crippen LogP contribution in [0.1, 0.15) is 65.9 Å². The Bertz CT molecular complexity index is 694. The van der Waals surface area contributed by atoms with Gasteiger partial charge in [0.05, 0.1) is 6.04 Å². The lowest BCUT2D eigenvalue weighted by molar-refractivity contribution is 0.100.